The summed E-state index contributed by atoms with van der Waals surface area (Å²) in [5.74, 6) is -0.748. The van der Waals surface area contributed by atoms with Crippen molar-refractivity contribution in [2.45, 2.75) is 58.6 Å². The SMILES string of the molecule is Cc1c(-c2ccccc2F)c(=O)n(C[C@H](NC(=O)OC(C)(C)C)c2ccccc2)c(=O)n1Cc1ccccc1C(F)(F)F. The number of aromatic nitrogens is 2. The standard InChI is InChI=1S/C32H31F4N3O4/c1-20-27(23-15-9-11-17-25(23)33)28(40)39(30(42)38(20)18-22-14-8-10-16-24(22)32(34,35)36)19-26(21-12-6-5-7-13-21)37-29(41)43-31(2,3)4/h5-17,26H,18-19H2,1-4H3,(H,37,41)/t26-/m0/s1. The van der Waals surface area contributed by atoms with Crippen molar-refractivity contribution in [2.75, 3.05) is 0 Å². The van der Waals surface area contributed by atoms with Gasteiger partial charge in [-0.3, -0.25) is 13.9 Å². The second-order valence-corrected chi connectivity index (χ2v) is 11.0. The fourth-order valence-electron chi connectivity index (χ4n) is 4.78. The summed E-state index contributed by atoms with van der Waals surface area (Å²) in [6.45, 7) is 5.45. The van der Waals surface area contributed by atoms with E-state index >= 15 is 4.39 Å². The smallest absolute Gasteiger partial charge is 0.416 e. The van der Waals surface area contributed by atoms with Gasteiger partial charge >= 0.3 is 18.0 Å². The largest absolute Gasteiger partial charge is 0.444 e. The van der Waals surface area contributed by atoms with Crippen LogP contribution in [0.5, 0.6) is 0 Å². The van der Waals surface area contributed by atoms with E-state index in [0.717, 1.165) is 21.3 Å². The zero-order valence-corrected chi connectivity index (χ0v) is 24.0. The van der Waals surface area contributed by atoms with Crippen LogP contribution in [0.3, 0.4) is 0 Å². The van der Waals surface area contributed by atoms with Gasteiger partial charge in [-0.2, -0.15) is 13.2 Å². The molecule has 0 bridgehead atoms. The molecule has 0 radical (unpaired) electrons. The number of amides is 1. The fourth-order valence-corrected chi connectivity index (χ4v) is 4.78. The highest BCUT2D eigenvalue weighted by Crippen LogP contribution is 2.32. The Labute approximate surface area is 245 Å². The molecular formula is C32H31F4N3O4. The Kier molecular flexibility index (Phi) is 8.93. The summed E-state index contributed by atoms with van der Waals surface area (Å²) >= 11 is 0. The van der Waals surface area contributed by atoms with Crippen molar-refractivity contribution >= 4 is 6.09 Å². The van der Waals surface area contributed by atoms with Crippen LogP contribution in [0, 0.1) is 12.7 Å². The minimum Gasteiger partial charge on any atom is -0.444 e. The van der Waals surface area contributed by atoms with Crippen molar-refractivity contribution in [3.63, 3.8) is 0 Å². The zero-order valence-electron chi connectivity index (χ0n) is 24.0. The first-order valence-corrected chi connectivity index (χ1v) is 13.5. The summed E-state index contributed by atoms with van der Waals surface area (Å²) in [5, 5.41) is 2.68. The van der Waals surface area contributed by atoms with Gasteiger partial charge in [0.25, 0.3) is 5.56 Å². The number of ether oxygens (including phenoxy) is 1. The maximum absolute atomic E-state index is 15.0. The van der Waals surface area contributed by atoms with Crippen molar-refractivity contribution in [3.8, 4) is 11.1 Å². The topological polar surface area (TPSA) is 82.3 Å². The van der Waals surface area contributed by atoms with Gasteiger partial charge in [0.05, 0.1) is 30.3 Å². The molecule has 0 saturated carbocycles. The van der Waals surface area contributed by atoms with Crippen LogP contribution in [0.2, 0.25) is 0 Å². The minimum absolute atomic E-state index is 0.00955. The van der Waals surface area contributed by atoms with Gasteiger partial charge in [0.1, 0.15) is 11.4 Å². The molecule has 1 atom stereocenters. The number of carbonyl (C=O) groups is 1. The molecule has 11 heteroatoms. The van der Waals surface area contributed by atoms with Gasteiger partial charge in [0.2, 0.25) is 0 Å². The molecule has 226 valence electrons. The van der Waals surface area contributed by atoms with Crippen LogP contribution in [0.25, 0.3) is 11.1 Å². The van der Waals surface area contributed by atoms with Gasteiger partial charge < -0.3 is 10.1 Å². The summed E-state index contributed by atoms with van der Waals surface area (Å²) in [6, 6.07) is 17.8. The van der Waals surface area contributed by atoms with Crippen LogP contribution in [-0.2, 0) is 24.0 Å². The molecule has 0 aliphatic carbocycles. The molecule has 1 aromatic heterocycles. The van der Waals surface area contributed by atoms with Crippen molar-refractivity contribution in [1.29, 1.82) is 0 Å². The van der Waals surface area contributed by atoms with E-state index in [1.165, 1.54) is 43.3 Å². The molecule has 4 aromatic rings. The number of rotatable bonds is 7. The average Bonchev–Trinajstić information content (AvgIpc) is 2.93. The molecule has 0 unspecified atom stereocenters. The van der Waals surface area contributed by atoms with Crippen LogP contribution < -0.4 is 16.6 Å². The van der Waals surface area contributed by atoms with Crippen molar-refractivity contribution in [3.05, 3.63) is 128 Å². The van der Waals surface area contributed by atoms with E-state index in [0.29, 0.717) is 5.56 Å². The van der Waals surface area contributed by atoms with E-state index in [1.54, 1.807) is 51.1 Å². The summed E-state index contributed by atoms with van der Waals surface area (Å²) in [5.41, 5.74) is -3.57. The molecule has 0 spiro atoms. The van der Waals surface area contributed by atoms with Crippen molar-refractivity contribution in [2.24, 2.45) is 0 Å². The second-order valence-electron chi connectivity index (χ2n) is 11.0. The van der Waals surface area contributed by atoms with E-state index in [-0.39, 0.29) is 22.4 Å². The lowest BCUT2D eigenvalue weighted by atomic mass is 10.0. The number of hydrogen-bond acceptors (Lipinski definition) is 4. The number of nitrogens with zero attached hydrogens (tertiary/aromatic N) is 2. The third-order valence-electron chi connectivity index (χ3n) is 6.74. The Balaban J connectivity index is 1.93. The quantitative estimate of drug-likeness (QED) is 0.248. The summed E-state index contributed by atoms with van der Waals surface area (Å²) in [7, 11) is 0. The highest BCUT2D eigenvalue weighted by molar-refractivity contribution is 5.68. The Bertz CT molecular complexity index is 1740. The van der Waals surface area contributed by atoms with Gasteiger partial charge in [-0.05, 0) is 51.0 Å². The maximum Gasteiger partial charge on any atom is 0.416 e. The predicted octanol–water partition coefficient (Wildman–Crippen LogP) is 6.46. The number of alkyl carbamates (subject to hydrolysis) is 1. The molecule has 43 heavy (non-hydrogen) atoms. The first kappa shape index (κ1) is 31.3. The van der Waals surface area contributed by atoms with Crippen LogP contribution in [0.4, 0.5) is 22.4 Å². The van der Waals surface area contributed by atoms with Crippen molar-refractivity contribution < 1.29 is 27.1 Å². The van der Waals surface area contributed by atoms with Crippen LogP contribution in [-0.4, -0.2) is 20.8 Å². The number of alkyl halides is 3. The number of halogens is 4. The maximum atomic E-state index is 15.0. The fraction of sp³-hybridized carbons (Fsp3) is 0.281. The monoisotopic (exact) mass is 597 g/mol. The lowest BCUT2D eigenvalue weighted by Gasteiger charge is -2.25. The highest BCUT2D eigenvalue weighted by atomic mass is 19.4. The number of nitrogens with one attached hydrogen (secondary N) is 1. The van der Waals surface area contributed by atoms with Gasteiger partial charge in [-0.15, -0.1) is 0 Å². The molecule has 3 aromatic carbocycles. The highest BCUT2D eigenvalue weighted by Gasteiger charge is 2.33. The number of benzene rings is 3. The molecule has 0 fully saturated rings. The molecule has 0 aliphatic rings. The molecule has 1 N–H and O–H groups in total. The first-order chi connectivity index (χ1) is 20.2. The zero-order chi connectivity index (χ0) is 31.5. The van der Waals surface area contributed by atoms with Gasteiger partial charge in [-0.25, -0.2) is 14.0 Å². The van der Waals surface area contributed by atoms with Crippen LogP contribution in [0.1, 0.15) is 49.2 Å². The van der Waals surface area contributed by atoms with E-state index in [1.807, 2.05) is 0 Å². The Hall–Kier alpha value is -4.67. The second kappa shape index (κ2) is 12.3. The number of hydrogen-bond donors (Lipinski definition) is 1. The van der Waals surface area contributed by atoms with E-state index in [2.05, 4.69) is 5.32 Å². The van der Waals surface area contributed by atoms with Crippen LogP contribution >= 0.6 is 0 Å². The van der Waals surface area contributed by atoms with Gasteiger partial charge in [-0.1, -0.05) is 66.7 Å². The molecule has 7 nitrogen and oxygen atoms in total. The Morgan fingerprint density at radius 3 is 2.12 bits per heavy atom. The molecule has 0 aliphatic heterocycles. The van der Waals surface area contributed by atoms with Gasteiger partial charge in [0, 0.05) is 11.3 Å². The lowest BCUT2D eigenvalue weighted by molar-refractivity contribution is -0.138. The Morgan fingerprint density at radius 2 is 1.49 bits per heavy atom. The molecule has 1 heterocycles. The van der Waals surface area contributed by atoms with E-state index in [9.17, 15) is 27.6 Å². The summed E-state index contributed by atoms with van der Waals surface area (Å²) < 4.78 is 63.8. The Morgan fingerprint density at radius 1 is 0.884 bits per heavy atom. The van der Waals surface area contributed by atoms with E-state index < -0.39 is 59.6 Å². The molecule has 4 rings (SSSR count). The molecular weight excluding hydrogens is 566 g/mol. The predicted molar refractivity (Wildman–Crippen MR) is 154 cm³/mol. The third-order valence-corrected chi connectivity index (χ3v) is 6.74. The third kappa shape index (κ3) is 7.22. The summed E-state index contributed by atoms with van der Waals surface area (Å²) in [6.07, 6.45) is -5.51. The van der Waals surface area contributed by atoms with E-state index in [4.69, 9.17) is 4.74 Å². The molecule has 0 saturated heterocycles. The molecule has 1 amide bonds. The minimum atomic E-state index is -4.70. The van der Waals surface area contributed by atoms with Crippen molar-refractivity contribution in [1.82, 2.24) is 14.5 Å². The summed E-state index contributed by atoms with van der Waals surface area (Å²) in [4.78, 5) is 40.6. The first-order valence-electron chi connectivity index (χ1n) is 13.5. The average molecular weight is 598 g/mol. The van der Waals surface area contributed by atoms with Crippen LogP contribution in [0.15, 0.2) is 88.5 Å². The normalized spacial score (nSPS) is 12.6. The number of carbonyl (C=O) groups excluding carboxylic acids is 1. The lowest BCUT2D eigenvalue weighted by Crippen LogP contribution is -2.46. The van der Waals surface area contributed by atoms with Gasteiger partial charge in [0.15, 0.2) is 0 Å².